The fourth-order valence-corrected chi connectivity index (χ4v) is 3.75. The third kappa shape index (κ3) is 2.43. The molecular formula is C16H21ClO3. The number of ether oxygens (including phenoxy) is 3. The molecule has 0 unspecified atom stereocenters. The average molecular weight is 297 g/mol. The normalized spacial score (nSPS) is 23.9. The zero-order valence-corrected chi connectivity index (χ0v) is 12.8. The Labute approximate surface area is 125 Å². The van der Waals surface area contributed by atoms with Crippen molar-refractivity contribution in [1.29, 1.82) is 0 Å². The summed E-state index contributed by atoms with van der Waals surface area (Å²) in [5, 5.41) is 0.788. The number of hydrogen-bond acceptors (Lipinski definition) is 3. The van der Waals surface area contributed by atoms with Gasteiger partial charge in [0.05, 0.1) is 20.3 Å². The van der Waals surface area contributed by atoms with Crippen LogP contribution in [0.1, 0.15) is 38.2 Å². The second-order valence-corrected chi connectivity index (χ2v) is 6.42. The predicted molar refractivity (Wildman–Crippen MR) is 78.5 cm³/mol. The SMILES string of the molecule is COc1ccc(C2(C)CCC3(CC2)OCCO3)c(Cl)c1. The summed E-state index contributed by atoms with van der Waals surface area (Å²) in [4.78, 5) is 0. The zero-order chi connectivity index (χ0) is 14.2. The van der Waals surface area contributed by atoms with Gasteiger partial charge < -0.3 is 14.2 Å². The fourth-order valence-electron chi connectivity index (χ4n) is 3.35. The molecule has 1 aromatic rings. The van der Waals surface area contributed by atoms with Crippen LogP contribution >= 0.6 is 11.6 Å². The van der Waals surface area contributed by atoms with Crippen LogP contribution in [0.3, 0.4) is 0 Å². The summed E-state index contributed by atoms with van der Waals surface area (Å²) in [6.07, 6.45) is 3.93. The van der Waals surface area contributed by atoms with Crippen LogP contribution in [0.25, 0.3) is 0 Å². The minimum Gasteiger partial charge on any atom is -0.497 e. The lowest BCUT2D eigenvalue weighted by Crippen LogP contribution is -2.40. The number of methoxy groups -OCH3 is 1. The molecule has 4 heteroatoms. The van der Waals surface area contributed by atoms with E-state index in [9.17, 15) is 0 Å². The lowest BCUT2D eigenvalue weighted by molar-refractivity contribution is -0.184. The molecule has 0 bridgehead atoms. The van der Waals surface area contributed by atoms with Crippen molar-refractivity contribution in [3.63, 3.8) is 0 Å². The van der Waals surface area contributed by atoms with Crippen LogP contribution in [-0.2, 0) is 14.9 Å². The van der Waals surface area contributed by atoms with E-state index in [2.05, 4.69) is 13.0 Å². The molecule has 3 nitrogen and oxygen atoms in total. The lowest BCUT2D eigenvalue weighted by Gasteiger charge is -2.42. The van der Waals surface area contributed by atoms with E-state index in [1.807, 2.05) is 12.1 Å². The van der Waals surface area contributed by atoms with Crippen molar-refractivity contribution < 1.29 is 14.2 Å². The molecule has 1 aromatic carbocycles. The number of halogens is 1. The molecule has 0 radical (unpaired) electrons. The van der Waals surface area contributed by atoms with Gasteiger partial charge >= 0.3 is 0 Å². The highest BCUT2D eigenvalue weighted by Crippen LogP contribution is 2.48. The minimum absolute atomic E-state index is 0.0872. The van der Waals surface area contributed by atoms with Gasteiger partial charge in [-0.3, -0.25) is 0 Å². The van der Waals surface area contributed by atoms with Gasteiger partial charge in [-0.1, -0.05) is 24.6 Å². The zero-order valence-electron chi connectivity index (χ0n) is 12.1. The first kappa shape index (κ1) is 14.2. The van der Waals surface area contributed by atoms with Crippen LogP contribution in [-0.4, -0.2) is 26.1 Å². The van der Waals surface area contributed by atoms with E-state index in [4.69, 9.17) is 25.8 Å². The van der Waals surface area contributed by atoms with Crippen LogP contribution in [0, 0.1) is 0 Å². The fraction of sp³-hybridized carbons (Fsp3) is 0.625. The first-order valence-electron chi connectivity index (χ1n) is 7.19. The topological polar surface area (TPSA) is 27.7 Å². The molecule has 1 heterocycles. The van der Waals surface area contributed by atoms with Crippen molar-refractivity contribution in [1.82, 2.24) is 0 Å². The molecule has 2 fully saturated rings. The van der Waals surface area contributed by atoms with Gasteiger partial charge in [0, 0.05) is 17.9 Å². The van der Waals surface area contributed by atoms with Crippen molar-refractivity contribution in [3.05, 3.63) is 28.8 Å². The molecule has 1 aliphatic carbocycles. The smallest absolute Gasteiger partial charge is 0.168 e. The average Bonchev–Trinajstić information content (AvgIpc) is 2.91. The van der Waals surface area contributed by atoms with Gasteiger partial charge in [0.2, 0.25) is 0 Å². The summed E-state index contributed by atoms with van der Waals surface area (Å²) >= 11 is 6.44. The number of rotatable bonds is 2. The van der Waals surface area contributed by atoms with Gasteiger partial charge in [-0.15, -0.1) is 0 Å². The molecule has 1 spiro atoms. The Morgan fingerprint density at radius 2 is 1.75 bits per heavy atom. The predicted octanol–water partition coefficient (Wildman–Crippen LogP) is 3.92. The third-order valence-electron chi connectivity index (χ3n) is 4.76. The molecule has 110 valence electrons. The first-order valence-corrected chi connectivity index (χ1v) is 7.57. The van der Waals surface area contributed by atoms with E-state index in [0.29, 0.717) is 0 Å². The standard InChI is InChI=1S/C16H21ClO3/c1-15(13-4-3-12(18-2)11-14(13)17)5-7-16(8-6-15)19-9-10-20-16/h3-4,11H,5-10H2,1-2H3. The molecule has 1 saturated carbocycles. The van der Waals surface area contributed by atoms with Crippen LogP contribution in [0.15, 0.2) is 18.2 Å². The van der Waals surface area contributed by atoms with Gasteiger partial charge in [-0.25, -0.2) is 0 Å². The Morgan fingerprint density at radius 1 is 1.10 bits per heavy atom. The molecule has 1 aliphatic heterocycles. The van der Waals surface area contributed by atoms with Crippen molar-refractivity contribution in [2.75, 3.05) is 20.3 Å². The van der Waals surface area contributed by atoms with E-state index in [1.165, 1.54) is 5.56 Å². The maximum atomic E-state index is 6.44. The summed E-state index contributed by atoms with van der Waals surface area (Å²) in [5.74, 6) is 0.482. The van der Waals surface area contributed by atoms with Crippen molar-refractivity contribution in [2.24, 2.45) is 0 Å². The summed E-state index contributed by atoms with van der Waals surface area (Å²) in [7, 11) is 1.66. The van der Waals surface area contributed by atoms with E-state index in [-0.39, 0.29) is 11.2 Å². The van der Waals surface area contributed by atoms with E-state index in [1.54, 1.807) is 7.11 Å². The second kappa shape index (κ2) is 5.21. The van der Waals surface area contributed by atoms with Crippen LogP contribution in [0.2, 0.25) is 5.02 Å². The Hall–Kier alpha value is -0.770. The maximum Gasteiger partial charge on any atom is 0.168 e. The molecular weight excluding hydrogens is 276 g/mol. The maximum absolute atomic E-state index is 6.44. The third-order valence-corrected chi connectivity index (χ3v) is 5.07. The van der Waals surface area contributed by atoms with Gasteiger partial charge in [0.15, 0.2) is 5.79 Å². The van der Waals surface area contributed by atoms with Crippen molar-refractivity contribution in [2.45, 2.75) is 43.8 Å². The summed E-state index contributed by atoms with van der Waals surface area (Å²) < 4.78 is 16.8. The highest BCUT2D eigenvalue weighted by atomic mass is 35.5. The van der Waals surface area contributed by atoms with Crippen molar-refractivity contribution in [3.8, 4) is 5.75 Å². The molecule has 3 rings (SSSR count). The molecule has 0 N–H and O–H groups in total. The van der Waals surface area contributed by atoms with Crippen molar-refractivity contribution >= 4 is 11.6 Å². The Kier molecular flexibility index (Phi) is 3.69. The van der Waals surface area contributed by atoms with Gasteiger partial charge in [-0.05, 0) is 36.0 Å². The molecule has 0 atom stereocenters. The quantitative estimate of drug-likeness (QED) is 0.828. The number of hydrogen-bond donors (Lipinski definition) is 0. The largest absolute Gasteiger partial charge is 0.497 e. The Balaban J connectivity index is 1.80. The highest BCUT2D eigenvalue weighted by molar-refractivity contribution is 6.31. The lowest BCUT2D eigenvalue weighted by atomic mass is 9.69. The van der Waals surface area contributed by atoms with Crippen LogP contribution in [0.4, 0.5) is 0 Å². The molecule has 2 aliphatic rings. The summed E-state index contributed by atoms with van der Waals surface area (Å²) in [6, 6.07) is 5.98. The van der Waals surface area contributed by atoms with Crippen LogP contribution < -0.4 is 4.74 Å². The molecule has 0 amide bonds. The van der Waals surface area contributed by atoms with Crippen LogP contribution in [0.5, 0.6) is 5.75 Å². The summed E-state index contributed by atoms with van der Waals surface area (Å²) in [5.41, 5.74) is 1.29. The Bertz CT molecular complexity index is 484. The van der Waals surface area contributed by atoms with Gasteiger partial charge in [-0.2, -0.15) is 0 Å². The molecule has 1 saturated heterocycles. The van der Waals surface area contributed by atoms with E-state index < -0.39 is 0 Å². The van der Waals surface area contributed by atoms with E-state index >= 15 is 0 Å². The highest BCUT2D eigenvalue weighted by Gasteiger charge is 2.45. The van der Waals surface area contributed by atoms with Gasteiger partial charge in [0.25, 0.3) is 0 Å². The molecule has 0 aromatic heterocycles. The first-order chi connectivity index (χ1) is 9.57. The molecule has 20 heavy (non-hydrogen) atoms. The monoisotopic (exact) mass is 296 g/mol. The second-order valence-electron chi connectivity index (χ2n) is 6.01. The Morgan fingerprint density at radius 3 is 2.30 bits per heavy atom. The number of benzene rings is 1. The van der Waals surface area contributed by atoms with Gasteiger partial charge in [0.1, 0.15) is 5.75 Å². The van der Waals surface area contributed by atoms with E-state index in [0.717, 1.165) is 49.7 Å². The minimum atomic E-state index is -0.321. The summed E-state index contributed by atoms with van der Waals surface area (Å²) in [6.45, 7) is 3.72.